The number of halogens is 2. The van der Waals surface area contributed by atoms with Crippen molar-refractivity contribution in [3.05, 3.63) is 105 Å². The average molecular weight is 485 g/mol. The second-order valence-electron chi connectivity index (χ2n) is 7.58. The number of carbonyl (C=O) groups is 1. The highest BCUT2D eigenvalue weighted by Crippen LogP contribution is 2.38. The third-order valence-corrected chi connectivity index (χ3v) is 5.87. The lowest BCUT2D eigenvalue weighted by atomic mass is 9.95. The predicted octanol–water partition coefficient (Wildman–Crippen LogP) is 6.24. The molecule has 0 bridgehead atoms. The van der Waals surface area contributed by atoms with Crippen LogP contribution in [0.25, 0.3) is 0 Å². The van der Waals surface area contributed by atoms with Crippen molar-refractivity contribution in [2.24, 2.45) is 4.99 Å². The number of aliphatic imine (C=N–C) groups is 1. The normalized spacial score (nSPS) is 16.9. The summed E-state index contributed by atoms with van der Waals surface area (Å²) in [5.74, 6) is 0.891. The van der Waals surface area contributed by atoms with E-state index in [1.165, 1.54) is 5.56 Å². The summed E-state index contributed by atoms with van der Waals surface area (Å²) in [4.78, 5) is 13.5. The van der Waals surface area contributed by atoms with Gasteiger partial charge in [0.15, 0.2) is 0 Å². The molecule has 0 fully saturated rings. The van der Waals surface area contributed by atoms with Crippen LogP contribution in [0.5, 0.6) is 0 Å². The molecular weight excluding hydrogens is 459 g/mol. The minimum Gasteiger partial charge on any atom is -0.483 e. The molecule has 33 heavy (non-hydrogen) atoms. The summed E-state index contributed by atoms with van der Waals surface area (Å²) >= 11 is 12.2. The Labute approximate surface area is 204 Å². The maximum Gasteiger partial charge on any atom is 0.290 e. The van der Waals surface area contributed by atoms with E-state index in [1.54, 1.807) is 7.11 Å². The number of amidine groups is 1. The molecule has 2 atom stereocenters. The molecule has 1 heterocycles. The molecule has 172 valence electrons. The molecule has 0 spiro atoms. The van der Waals surface area contributed by atoms with Crippen LogP contribution >= 0.6 is 23.2 Å². The quantitative estimate of drug-likeness (QED) is 0.406. The Morgan fingerprint density at radius 1 is 0.970 bits per heavy atom. The number of nitrogens with zero attached hydrogens (tertiary/aromatic N) is 1. The topological polar surface area (TPSA) is 70.9 Å². The van der Waals surface area contributed by atoms with Crippen LogP contribution in [0.2, 0.25) is 10.0 Å². The zero-order chi connectivity index (χ0) is 23.8. The van der Waals surface area contributed by atoms with Gasteiger partial charge in [-0.15, -0.1) is 0 Å². The third kappa shape index (κ3) is 6.35. The number of benzene rings is 3. The summed E-state index contributed by atoms with van der Waals surface area (Å²) in [6.45, 7) is 2.49. The lowest BCUT2D eigenvalue weighted by Gasteiger charge is -2.20. The highest BCUT2D eigenvalue weighted by Gasteiger charge is 2.32. The van der Waals surface area contributed by atoms with Crippen LogP contribution in [0.3, 0.4) is 0 Å². The minimum atomic E-state index is -0.250. The van der Waals surface area contributed by atoms with Gasteiger partial charge in [-0.25, -0.2) is 0 Å². The first-order valence-electron chi connectivity index (χ1n) is 10.5. The number of hydrogen-bond acceptors (Lipinski definition) is 4. The van der Waals surface area contributed by atoms with Gasteiger partial charge in [-0.2, -0.15) is 0 Å². The molecule has 1 aliphatic rings. The first kappa shape index (κ1) is 24.8. The number of rotatable bonds is 6. The molecular formula is C26H26Cl2N2O3. The zero-order valence-electron chi connectivity index (χ0n) is 18.5. The second kappa shape index (κ2) is 11.8. The van der Waals surface area contributed by atoms with Crippen molar-refractivity contribution in [3.63, 3.8) is 0 Å². The summed E-state index contributed by atoms with van der Waals surface area (Å²) in [5, 5.41) is 12.0. The summed E-state index contributed by atoms with van der Waals surface area (Å²) < 4.78 is 5.36. The molecule has 0 aromatic heterocycles. The lowest BCUT2D eigenvalue weighted by molar-refractivity contribution is -0.122. The second-order valence-corrected chi connectivity index (χ2v) is 8.45. The fourth-order valence-electron chi connectivity index (χ4n) is 3.85. The van der Waals surface area contributed by atoms with E-state index in [1.807, 2.05) is 36.4 Å². The van der Waals surface area contributed by atoms with Gasteiger partial charge < -0.3 is 15.2 Å². The number of aryl methyl sites for hydroxylation is 1. The molecule has 0 saturated heterocycles. The van der Waals surface area contributed by atoms with Gasteiger partial charge in [-0.05, 0) is 65.1 Å². The van der Waals surface area contributed by atoms with Gasteiger partial charge in [0, 0.05) is 22.7 Å². The molecule has 3 aromatic carbocycles. The Morgan fingerprint density at radius 3 is 2.06 bits per heavy atom. The molecule has 7 heteroatoms. The molecule has 3 aromatic rings. The smallest absolute Gasteiger partial charge is 0.290 e. The predicted molar refractivity (Wildman–Crippen MR) is 133 cm³/mol. The Bertz CT molecular complexity index is 1100. The number of nitrogens with one attached hydrogen (secondary N) is 1. The van der Waals surface area contributed by atoms with Crippen LogP contribution in [0.4, 0.5) is 0 Å². The van der Waals surface area contributed by atoms with Crippen LogP contribution in [0.1, 0.15) is 46.8 Å². The standard InChI is InChI=1S/C25H24Cl2N2O.CH2O2/c1-3-16-12-17(15-30-2)14-20(13-16)25-28-23(18-4-8-21(26)9-5-18)24(29-25)19-6-10-22(27)11-7-19;2-1-3/h4-14,23-24H,3,15H2,1-2H3,(H,28,29);1H,(H,2,3). The van der Waals surface area contributed by atoms with E-state index in [2.05, 4.69) is 42.6 Å². The molecule has 2 unspecified atom stereocenters. The van der Waals surface area contributed by atoms with Crippen molar-refractivity contribution < 1.29 is 14.6 Å². The molecule has 5 nitrogen and oxygen atoms in total. The van der Waals surface area contributed by atoms with E-state index in [9.17, 15) is 0 Å². The monoisotopic (exact) mass is 484 g/mol. The highest BCUT2D eigenvalue weighted by atomic mass is 35.5. The first-order chi connectivity index (χ1) is 16.0. The molecule has 4 rings (SSSR count). The molecule has 0 amide bonds. The Balaban J connectivity index is 0.000000968. The van der Waals surface area contributed by atoms with Gasteiger partial charge in [0.05, 0.1) is 12.6 Å². The first-order valence-corrected chi connectivity index (χ1v) is 11.3. The summed E-state index contributed by atoms with van der Waals surface area (Å²) in [7, 11) is 1.72. The van der Waals surface area contributed by atoms with Crippen LogP contribution in [0.15, 0.2) is 71.7 Å². The van der Waals surface area contributed by atoms with Crippen molar-refractivity contribution in [3.8, 4) is 0 Å². The van der Waals surface area contributed by atoms with Crippen LogP contribution in [0, 0.1) is 0 Å². The summed E-state index contributed by atoms with van der Waals surface area (Å²) in [5.41, 5.74) is 5.75. The largest absolute Gasteiger partial charge is 0.483 e. The van der Waals surface area contributed by atoms with E-state index < -0.39 is 0 Å². The molecule has 0 aliphatic carbocycles. The fourth-order valence-corrected chi connectivity index (χ4v) is 4.10. The van der Waals surface area contributed by atoms with Crippen molar-refractivity contribution >= 4 is 35.5 Å². The maximum atomic E-state index is 8.36. The molecule has 0 saturated carbocycles. The maximum absolute atomic E-state index is 8.36. The fraction of sp³-hybridized carbons (Fsp3) is 0.231. The van der Waals surface area contributed by atoms with Crippen molar-refractivity contribution in [2.45, 2.75) is 32.0 Å². The van der Waals surface area contributed by atoms with Gasteiger partial charge in [0.1, 0.15) is 11.9 Å². The van der Waals surface area contributed by atoms with Crippen molar-refractivity contribution in [1.82, 2.24) is 5.32 Å². The molecule has 2 N–H and O–H groups in total. The Kier molecular flexibility index (Phi) is 8.89. The van der Waals surface area contributed by atoms with E-state index in [-0.39, 0.29) is 18.6 Å². The van der Waals surface area contributed by atoms with Gasteiger partial charge >= 0.3 is 0 Å². The van der Waals surface area contributed by atoms with Gasteiger partial charge in [-0.3, -0.25) is 9.79 Å². The van der Waals surface area contributed by atoms with Gasteiger partial charge in [-0.1, -0.05) is 60.5 Å². The zero-order valence-corrected chi connectivity index (χ0v) is 20.0. The lowest BCUT2D eigenvalue weighted by Crippen LogP contribution is -2.25. The van der Waals surface area contributed by atoms with E-state index >= 15 is 0 Å². The third-order valence-electron chi connectivity index (χ3n) is 5.36. The average Bonchev–Trinajstić information content (AvgIpc) is 3.26. The van der Waals surface area contributed by atoms with Gasteiger partial charge in [0.25, 0.3) is 6.47 Å². The molecule has 1 aliphatic heterocycles. The van der Waals surface area contributed by atoms with E-state index in [0.29, 0.717) is 6.61 Å². The van der Waals surface area contributed by atoms with Crippen molar-refractivity contribution in [1.29, 1.82) is 0 Å². The number of ether oxygens (including phenoxy) is 1. The minimum absolute atomic E-state index is 0.00889. The Morgan fingerprint density at radius 2 is 1.52 bits per heavy atom. The Hall–Kier alpha value is -2.86. The summed E-state index contributed by atoms with van der Waals surface area (Å²) in [6.07, 6.45) is 0.957. The van der Waals surface area contributed by atoms with Crippen LogP contribution < -0.4 is 5.32 Å². The van der Waals surface area contributed by atoms with Crippen LogP contribution in [-0.4, -0.2) is 24.5 Å². The van der Waals surface area contributed by atoms with E-state index in [4.69, 9.17) is 42.8 Å². The number of carboxylic acid groups (broad SMARTS) is 1. The number of methoxy groups -OCH3 is 1. The number of hydrogen-bond donors (Lipinski definition) is 2. The highest BCUT2D eigenvalue weighted by molar-refractivity contribution is 6.30. The summed E-state index contributed by atoms with van der Waals surface area (Å²) in [6, 6.07) is 22.4. The van der Waals surface area contributed by atoms with E-state index in [0.717, 1.165) is 44.6 Å². The SMILES string of the molecule is CCc1cc(COC)cc(C2=NC(c3ccc(Cl)cc3)C(c3ccc(Cl)cc3)N2)c1.O=CO. The molecule has 0 radical (unpaired) electrons. The van der Waals surface area contributed by atoms with Crippen LogP contribution in [-0.2, 0) is 22.6 Å². The van der Waals surface area contributed by atoms with Crippen molar-refractivity contribution in [2.75, 3.05) is 7.11 Å². The van der Waals surface area contributed by atoms with Gasteiger partial charge in [0.2, 0.25) is 0 Å².